The lowest BCUT2D eigenvalue weighted by atomic mass is 9.57. The first kappa shape index (κ1) is 22.5. The molecule has 0 N–H and O–H groups in total. The summed E-state index contributed by atoms with van der Waals surface area (Å²) in [6.45, 7) is 13.6. The maximum absolute atomic E-state index is 12.1. The first-order valence-corrected chi connectivity index (χ1v) is 11.9. The molecule has 1 saturated heterocycles. The van der Waals surface area contributed by atoms with Crippen molar-refractivity contribution < 1.29 is 14.3 Å². The lowest BCUT2D eigenvalue weighted by Gasteiger charge is -2.48. The summed E-state index contributed by atoms with van der Waals surface area (Å²) < 4.78 is 11.9. The average molecular weight is 401 g/mol. The van der Waals surface area contributed by atoms with Crippen LogP contribution >= 0.6 is 0 Å². The second-order valence-corrected chi connectivity index (χ2v) is 8.81. The van der Waals surface area contributed by atoms with Crippen molar-refractivity contribution in [2.45, 2.75) is 92.3 Å². The Labute approximate surface area is 177 Å². The highest BCUT2D eigenvalue weighted by atomic mass is 16.7. The largest absolute Gasteiger partial charge is 0.347 e. The second kappa shape index (κ2) is 8.89. The van der Waals surface area contributed by atoms with E-state index >= 15 is 0 Å². The monoisotopic (exact) mass is 400 g/mol. The van der Waals surface area contributed by atoms with Gasteiger partial charge in [0.05, 0.1) is 13.2 Å². The van der Waals surface area contributed by atoms with Crippen molar-refractivity contribution in [2.24, 2.45) is 17.3 Å². The van der Waals surface area contributed by atoms with Crippen molar-refractivity contribution in [3.63, 3.8) is 0 Å². The van der Waals surface area contributed by atoms with Gasteiger partial charge in [0, 0.05) is 18.3 Å². The van der Waals surface area contributed by atoms with E-state index in [0.29, 0.717) is 11.8 Å². The normalized spacial score (nSPS) is 33.9. The molecular formula is C26H40O3. The molecule has 4 aliphatic carbocycles. The number of carbonyl (C=O) groups excluding carboxylic acids is 1. The third-order valence-electron chi connectivity index (χ3n) is 7.60. The molecule has 0 aromatic carbocycles. The van der Waals surface area contributed by atoms with E-state index in [1.165, 1.54) is 12.8 Å². The zero-order valence-electron chi connectivity index (χ0n) is 19.4. The number of carbonyl (C=O) groups is 1. The van der Waals surface area contributed by atoms with E-state index in [1.54, 1.807) is 23.6 Å². The van der Waals surface area contributed by atoms with Gasteiger partial charge < -0.3 is 9.47 Å². The van der Waals surface area contributed by atoms with Gasteiger partial charge in [-0.15, -0.1) is 0 Å². The Morgan fingerprint density at radius 1 is 1.07 bits per heavy atom. The zero-order valence-corrected chi connectivity index (χ0v) is 19.4. The maximum Gasteiger partial charge on any atom is 0.172 e. The predicted molar refractivity (Wildman–Crippen MR) is 119 cm³/mol. The van der Waals surface area contributed by atoms with Crippen molar-refractivity contribution in [3.8, 4) is 0 Å². The van der Waals surface area contributed by atoms with Gasteiger partial charge in [0.2, 0.25) is 0 Å². The predicted octanol–water partition coefficient (Wildman–Crippen LogP) is 6.54. The second-order valence-electron chi connectivity index (χ2n) is 8.81. The molecule has 3 atom stereocenters. The lowest BCUT2D eigenvalue weighted by molar-refractivity contribution is -0.164. The molecule has 3 heteroatoms. The number of rotatable bonds is 1. The van der Waals surface area contributed by atoms with Crippen molar-refractivity contribution in [3.05, 3.63) is 34.4 Å². The van der Waals surface area contributed by atoms with Gasteiger partial charge in [-0.2, -0.15) is 0 Å². The SMILES string of the molecule is CC.CC.CC(=O)C1=CCC2C3CCC4=C(CCC5(C4)OCCO5)C3=CCC12C. The molecule has 1 heterocycles. The Morgan fingerprint density at radius 3 is 2.41 bits per heavy atom. The Balaban J connectivity index is 0.000000568. The van der Waals surface area contributed by atoms with Gasteiger partial charge in [-0.25, -0.2) is 0 Å². The third kappa shape index (κ3) is 3.70. The summed E-state index contributed by atoms with van der Waals surface area (Å²) in [6.07, 6.45) is 12.3. The van der Waals surface area contributed by atoms with Crippen LogP contribution in [0.2, 0.25) is 0 Å². The van der Waals surface area contributed by atoms with E-state index in [9.17, 15) is 4.79 Å². The van der Waals surface area contributed by atoms with E-state index in [2.05, 4.69) is 19.1 Å². The Bertz CT molecular complexity index is 720. The fraction of sp³-hybridized carbons (Fsp3) is 0.731. The van der Waals surface area contributed by atoms with Gasteiger partial charge in [-0.3, -0.25) is 4.79 Å². The van der Waals surface area contributed by atoms with Gasteiger partial charge in [0.1, 0.15) is 0 Å². The third-order valence-corrected chi connectivity index (χ3v) is 7.60. The molecule has 1 spiro atoms. The molecular weight excluding hydrogens is 360 g/mol. The molecule has 0 radical (unpaired) electrons. The van der Waals surface area contributed by atoms with Crippen molar-refractivity contribution in [1.82, 2.24) is 0 Å². The van der Waals surface area contributed by atoms with Crippen molar-refractivity contribution in [2.75, 3.05) is 13.2 Å². The summed E-state index contributed by atoms with van der Waals surface area (Å²) in [5.41, 5.74) is 5.94. The minimum Gasteiger partial charge on any atom is -0.347 e. The van der Waals surface area contributed by atoms with Crippen LogP contribution in [0.15, 0.2) is 34.4 Å². The van der Waals surface area contributed by atoms with Gasteiger partial charge in [-0.1, -0.05) is 52.3 Å². The minimum absolute atomic E-state index is 0.0611. The van der Waals surface area contributed by atoms with E-state index in [-0.39, 0.29) is 17.0 Å². The Kier molecular flexibility index (Phi) is 6.90. The van der Waals surface area contributed by atoms with Crippen LogP contribution in [-0.2, 0) is 14.3 Å². The van der Waals surface area contributed by atoms with Crippen LogP contribution in [0.5, 0.6) is 0 Å². The Morgan fingerprint density at radius 2 is 1.76 bits per heavy atom. The molecule has 5 aliphatic rings. The molecule has 1 fully saturated rings. The highest BCUT2D eigenvalue weighted by Crippen LogP contribution is 2.60. The van der Waals surface area contributed by atoms with Crippen LogP contribution in [0.1, 0.15) is 86.5 Å². The quantitative estimate of drug-likeness (QED) is 0.501. The molecule has 162 valence electrons. The van der Waals surface area contributed by atoms with Gasteiger partial charge in [-0.05, 0) is 67.6 Å². The highest BCUT2D eigenvalue weighted by molar-refractivity contribution is 5.95. The highest BCUT2D eigenvalue weighted by Gasteiger charge is 2.51. The summed E-state index contributed by atoms with van der Waals surface area (Å²) in [6, 6.07) is 0. The number of hydrogen-bond donors (Lipinski definition) is 0. The number of Topliss-reactive ketones (excluding diaryl/α,β-unsaturated/α-hetero) is 1. The molecule has 0 aromatic heterocycles. The summed E-state index contributed by atoms with van der Waals surface area (Å²) in [7, 11) is 0. The fourth-order valence-electron chi connectivity index (χ4n) is 6.42. The van der Waals surface area contributed by atoms with E-state index in [1.807, 2.05) is 27.7 Å². The van der Waals surface area contributed by atoms with Crippen LogP contribution in [0, 0.1) is 17.3 Å². The van der Waals surface area contributed by atoms with Gasteiger partial charge in [0.25, 0.3) is 0 Å². The average Bonchev–Trinajstić information content (AvgIpc) is 3.34. The summed E-state index contributed by atoms with van der Waals surface area (Å²) in [4.78, 5) is 12.1. The number of allylic oxidation sites excluding steroid dienone is 5. The van der Waals surface area contributed by atoms with Crippen LogP contribution in [-0.4, -0.2) is 24.8 Å². The summed E-state index contributed by atoms with van der Waals surface area (Å²) in [5.74, 6) is 1.19. The van der Waals surface area contributed by atoms with Crippen LogP contribution < -0.4 is 0 Å². The molecule has 29 heavy (non-hydrogen) atoms. The molecule has 1 aliphatic heterocycles. The van der Waals surface area contributed by atoms with Gasteiger partial charge in [0.15, 0.2) is 11.6 Å². The Hall–Kier alpha value is -1.19. The molecule has 5 rings (SSSR count). The van der Waals surface area contributed by atoms with E-state index in [0.717, 1.165) is 50.9 Å². The standard InChI is InChI=1S/C22H28O3.2C2H6/c1-14(23)19-5-6-20-18-4-3-15-13-22(24-11-12-25-22)10-8-16(15)17(18)7-9-21(19,20)2;2*1-2/h5,7,18,20H,3-4,6,8-13H2,1-2H3;2*1-2H3. The topological polar surface area (TPSA) is 35.5 Å². The smallest absolute Gasteiger partial charge is 0.172 e. The molecule has 0 aromatic rings. The van der Waals surface area contributed by atoms with Crippen molar-refractivity contribution in [1.29, 1.82) is 0 Å². The molecule has 3 unspecified atom stereocenters. The van der Waals surface area contributed by atoms with Crippen LogP contribution in [0.25, 0.3) is 0 Å². The number of hydrogen-bond acceptors (Lipinski definition) is 3. The van der Waals surface area contributed by atoms with E-state index in [4.69, 9.17) is 9.47 Å². The fourth-order valence-corrected chi connectivity index (χ4v) is 6.42. The van der Waals surface area contributed by atoms with Crippen molar-refractivity contribution >= 4 is 5.78 Å². The number of fused-ring (bicyclic) bond motifs is 4. The van der Waals surface area contributed by atoms with E-state index < -0.39 is 0 Å². The molecule has 3 nitrogen and oxygen atoms in total. The first-order valence-electron chi connectivity index (χ1n) is 11.9. The summed E-state index contributed by atoms with van der Waals surface area (Å²) >= 11 is 0. The minimum atomic E-state index is -0.313. The molecule has 0 bridgehead atoms. The van der Waals surface area contributed by atoms with Crippen LogP contribution in [0.3, 0.4) is 0 Å². The lowest BCUT2D eigenvalue weighted by Crippen LogP contribution is -2.40. The zero-order chi connectivity index (χ0) is 21.2. The maximum atomic E-state index is 12.1. The molecule has 0 amide bonds. The number of ether oxygens (including phenoxy) is 2. The van der Waals surface area contributed by atoms with Gasteiger partial charge >= 0.3 is 0 Å². The molecule has 0 saturated carbocycles. The van der Waals surface area contributed by atoms with Crippen LogP contribution in [0.4, 0.5) is 0 Å². The first-order chi connectivity index (χ1) is 14.0. The number of ketones is 1. The summed E-state index contributed by atoms with van der Waals surface area (Å²) in [5, 5.41) is 0.